The average molecular weight is 266 g/mol. The summed E-state index contributed by atoms with van der Waals surface area (Å²) in [6.45, 7) is 5.61. The van der Waals surface area contributed by atoms with E-state index < -0.39 is 0 Å². The zero-order valence-corrected chi connectivity index (χ0v) is 12.2. The molecular weight excluding hydrogens is 240 g/mol. The highest BCUT2D eigenvalue weighted by atomic mass is 16.2. The van der Waals surface area contributed by atoms with Gasteiger partial charge in [-0.25, -0.2) is 0 Å². The highest BCUT2D eigenvalue weighted by Gasteiger charge is 2.37. The third-order valence-electron chi connectivity index (χ3n) is 4.90. The number of nitrogens with zero attached hydrogens (tertiary/aromatic N) is 1. The summed E-state index contributed by atoms with van der Waals surface area (Å²) in [6.07, 6.45) is 7.28. The zero-order valence-electron chi connectivity index (χ0n) is 12.2. The second-order valence-corrected chi connectivity index (χ2v) is 6.10. The van der Waals surface area contributed by atoms with Gasteiger partial charge in [-0.2, -0.15) is 0 Å². The van der Waals surface area contributed by atoms with Crippen molar-refractivity contribution in [1.82, 2.24) is 10.2 Å². The minimum absolute atomic E-state index is 0.0136. The van der Waals surface area contributed by atoms with Crippen molar-refractivity contribution in [2.24, 2.45) is 5.41 Å². The molecule has 0 spiro atoms. The van der Waals surface area contributed by atoms with Crippen LogP contribution in [-0.2, 0) is 9.59 Å². The molecule has 1 saturated heterocycles. The lowest BCUT2D eigenvalue weighted by molar-refractivity contribution is -0.135. The Morgan fingerprint density at radius 1 is 1.26 bits per heavy atom. The van der Waals surface area contributed by atoms with E-state index in [1.165, 1.54) is 25.7 Å². The summed E-state index contributed by atoms with van der Waals surface area (Å²) in [5, 5.41) is 2.83. The van der Waals surface area contributed by atoms with Crippen LogP contribution in [0.3, 0.4) is 0 Å². The smallest absolute Gasteiger partial charge is 0.245 e. The van der Waals surface area contributed by atoms with Crippen LogP contribution in [0.25, 0.3) is 0 Å². The molecule has 1 saturated carbocycles. The third-order valence-corrected chi connectivity index (χ3v) is 4.90. The summed E-state index contributed by atoms with van der Waals surface area (Å²) in [5.41, 5.74) is 0.307. The predicted molar refractivity (Wildman–Crippen MR) is 74.6 cm³/mol. The lowest BCUT2D eigenvalue weighted by Gasteiger charge is -2.35. The van der Waals surface area contributed by atoms with Crippen molar-refractivity contribution in [1.29, 1.82) is 0 Å². The van der Waals surface area contributed by atoms with Gasteiger partial charge in [0.05, 0.1) is 0 Å². The molecular formula is C15H26N2O2. The van der Waals surface area contributed by atoms with Crippen LogP contribution in [0.15, 0.2) is 0 Å². The minimum Gasteiger partial charge on any atom is -0.344 e. The van der Waals surface area contributed by atoms with Gasteiger partial charge in [-0.1, -0.05) is 26.7 Å². The van der Waals surface area contributed by atoms with Crippen LogP contribution >= 0.6 is 0 Å². The molecule has 1 aliphatic heterocycles. The lowest BCUT2D eigenvalue weighted by Crippen LogP contribution is -2.47. The molecule has 1 unspecified atom stereocenters. The molecule has 1 aliphatic carbocycles. The topological polar surface area (TPSA) is 49.4 Å². The Morgan fingerprint density at radius 3 is 2.53 bits per heavy atom. The zero-order chi connectivity index (χ0) is 13.9. The largest absolute Gasteiger partial charge is 0.344 e. The van der Waals surface area contributed by atoms with Crippen molar-refractivity contribution in [2.45, 2.75) is 64.8 Å². The second kappa shape index (κ2) is 5.93. The van der Waals surface area contributed by atoms with Crippen molar-refractivity contribution in [3.63, 3.8) is 0 Å². The number of carbonyl (C=O) groups is 2. The van der Waals surface area contributed by atoms with E-state index >= 15 is 0 Å². The summed E-state index contributed by atoms with van der Waals surface area (Å²) in [7, 11) is 0. The van der Waals surface area contributed by atoms with E-state index in [2.05, 4.69) is 12.2 Å². The Hall–Kier alpha value is -1.06. The molecule has 2 fully saturated rings. The lowest BCUT2D eigenvalue weighted by atomic mass is 9.82. The number of amides is 2. The molecule has 0 aromatic rings. The van der Waals surface area contributed by atoms with Crippen LogP contribution in [0.4, 0.5) is 0 Å². The summed E-state index contributed by atoms with van der Waals surface area (Å²) in [5.74, 6) is 0.132. The summed E-state index contributed by atoms with van der Waals surface area (Å²) >= 11 is 0. The first-order valence-electron chi connectivity index (χ1n) is 7.68. The quantitative estimate of drug-likeness (QED) is 0.847. The van der Waals surface area contributed by atoms with Crippen molar-refractivity contribution in [2.75, 3.05) is 13.1 Å². The molecule has 108 valence electrons. The number of carbonyl (C=O) groups excluding carboxylic acids is 2. The standard InChI is InChI=1S/C15H26N2O2/c1-3-12-14(19)17(10-7-13(18)16-12)11-15(4-2)8-5-6-9-15/h12H,3-11H2,1-2H3,(H,16,18). The van der Waals surface area contributed by atoms with E-state index in [0.717, 1.165) is 13.0 Å². The molecule has 0 aromatic carbocycles. The monoisotopic (exact) mass is 266 g/mol. The van der Waals surface area contributed by atoms with Gasteiger partial charge < -0.3 is 10.2 Å². The molecule has 2 aliphatic rings. The molecule has 1 N–H and O–H groups in total. The van der Waals surface area contributed by atoms with Crippen molar-refractivity contribution < 1.29 is 9.59 Å². The molecule has 4 nitrogen and oxygen atoms in total. The predicted octanol–water partition coefficient (Wildman–Crippen LogP) is 2.08. The average Bonchev–Trinajstić information content (AvgIpc) is 2.84. The second-order valence-electron chi connectivity index (χ2n) is 6.10. The highest BCUT2D eigenvalue weighted by molar-refractivity contribution is 5.89. The fourth-order valence-electron chi connectivity index (χ4n) is 3.48. The van der Waals surface area contributed by atoms with E-state index in [1.54, 1.807) is 0 Å². The number of hydrogen-bond donors (Lipinski definition) is 1. The van der Waals surface area contributed by atoms with E-state index in [1.807, 2.05) is 11.8 Å². The van der Waals surface area contributed by atoms with Gasteiger partial charge in [0.15, 0.2) is 0 Å². The maximum atomic E-state index is 12.5. The van der Waals surface area contributed by atoms with Crippen LogP contribution < -0.4 is 5.32 Å². The number of nitrogens with one attached hydrogen (secondary N) is 1. The van der Waals surface area contributed by atoms with Gasteiger partial charge in [0.1, 0.15) is 6.04 Å². The van der Waals surface area contributed by atoms with Gasteiger partial charge in [-0.15, -0.1) is 0 Å². The van der Waals surface area contributed by atoms with Crippen LogP contribution in [-0.4, -0.2) is 35.8 Å². The van der Waals surface area contributed by atoms with E-state index in [-0.39, 0.29) is 17.9 Å². The SMILES string of the molecule is CCC1NC(=O)CCN(CC2(CC)CCCC2)C1=O. The Labute approximate surface area is 115 Å². The molecule has 4 heteroatoms. The number of rotatable bonds is 4. The third kappa shape index (κ3) is 3.10. The molecule has 1 heterocycles. The van der Waals surface area contributed by atoms with Gasteiger partial charge in [0.25, 0.3) is 0 Å². The van der Waals surface area contributed by atoms with Gasteiger partial charge >= 0.3 is 0 Å². The first kappa shape index (κ1) is 14.4. The Balaban J connectivity index is 2.09. The van der Waals surface area contributed by atoms with Crippen LogP contribution in [0, 0.1) is 5.41 Å². The van der Waals surface area contributed by atoms with E-state index in [4.69, 9.17) is 0 Å². The summed E-state index contributed by atoms with van der Waals surface area (Å²) < 4.78 is 0. The first-order chi connectivity index (χ1) is 9.10. The Morgan fingerprint density at radius 2 is 1.95 bits per heavy atom. The first-order valence-corrected chi connectivity index (χ1v) is 7.68. The van der Waals surface area contributed by atoms with E-state index in [0.29, 0.717) is 24.8 Å². The van der Waals surface area contributed by atoms with Gasteiger partial charge in [0, 0.05) is 19.5 Å². The van der Waals surface area contributed by atoms with Crippen LogP contribution in [0.5, 0.6) is 0 Å². The normalized spacial score (nSPS) is 27.3. The summed E-state index contributed by atoms with van der Waals surface area (Å²) in [4.78, 5) is 26.1. The maximum absolute atomic E-state index is 12.5. The fourth-order valence-corrected chi connectivity index (χ4v) is 3.48. The van der Waals surface area contributed by atoms with Crippen molar-refractivity contribution in [3.8, 4) is 0 Å². The molecule has 0 bridgehead atoms. The molecule has 0 aromatic heterocycles. The maximum Gasteiger partial charge on any atom is 0.245 e. The fraction of sp³-hybridized carbons (Fsp3) is 0.867. The van der Waals surface area contributed by atoms with E-state index in [9.17, 15) is 9.59 Å². The molecule has 2 amide bonds. The Bertz CT molecular complexity index is 348. The van der Waals surface area contributed by atoms with Gasteiger partial charge in [-0.3, -0.25) is 9.59 Å². The van der Waals surface area contributed by atoms with Gasteiger partial charge in [-0.05, 0) is 31.1 Å². The molecule has 0 radical (unpaired) electrons. The molecule has 2 rings (SSSR count). The van der Waals surface area contributed by atoms with Gasteiger partial charge in [0.2, 0.25) is 11.8 Å². The minimum atomic E-state index is -0.315. The Kier molecular flexibility index (Phi) is 4.48. The summed E-state index contributed by atoms with van der Waals surface area (Å²) in [6, 6.07) is -0.315. The highest BCUT2D eigenvalue weighted by Crippen LogP contribution is 2.41. The molecule has 1 atom stereocenters. The van der Waals surface area contributed by atoms with Crippen molar-refractivity contribution in [3.05, 3.63) is 0 Å². The van der Waals surface area contributed by atoms with Crippen LogP contribution in [0.2, 0.25) is 0 Å². The van der Waals surface area contributed by atoms with Crippen LogP contribution in [0.1, 0.15) is 58.8 Å². The molecule has 19 heavy (non-hydrogen) atoms. The van der Waals surface area contributed by atoms with Crippen molar-refractivity contribution >= 4 is 11.8 Å². The number of hydrogen-bond acceptors (Lipinski definition) is 2.